The molecule has 2 aromatic carbocycles. The Morgan fingerprint density at radius 2 is 1.81 bits per heavy atom. The SMILES string of the molecule is CN1CCC(COC(=O)c2ccc(-c3ccc(/C=C4/SC(=S)N(Cc5ccccc5)C4=O)o3)cc2)CC1. The third-order valence-corrected chi connectivity index (χ3v) is 8.03. The van der Waals surface area contributed by atoms with Crippen LogP contribution in [-0.4, -0.2) is 52.7 Å². The van der Waals surface area contributed by atoms with Crippen molar-refractivity contribution in [1.29, 1.82) is 0 Å². The second-order valence-corrected chi connectivity index (χ2v) is 11.1. The van der Waals surface area contributed by atoms with Gasteiger partial charge in [-0.25, -0.2) is 4.79 Å². The maximum atomic E-state index is 12.9. The number of benzene rings is 2. The van der Waals surface area contributed by atoms with E-state index in [0.29, 0.717) is 45.4 Å². The minimum atomic E-state index is -0.303. The Bertz CT molecular complexity index is 1310. The maximum absolute atomic E-state index is 12.9. The van der Waals surface area contributed by atoms with Gasteiger partial charge in [-0.3, -0.25) is 9.69 Å². The highest BCUT2D eigenvalue weighted by Gasteiger charge is 2.32. The van der Waals surface area contributed by atoms with E-state index >= 15 is 0 Å². The van der Waals surface area contributed by atoms with Crippen molar-refractivity contribution >= 4 is 46.3 Å². The van der Waals surface area contributed by atoms with E-state index in [1.807, 2.05) is 54.6 Å². The van der Waals surface area contributed by atoms with Crippen molar-refractivity contribution in [1.82, 2.24) is 9.80 Å². The number of likely N-dealkylation sites (tertiary alicyclic amines) is 1. The fraction of sp³-hybridized carbons (Fsp3) is 0.276. The topological polar surface area (TPSA) is 63.0 Å². The molecule has 8 heteroatoms. The fourth-order valence-corrected chi connectivity index (χ4v) is 5.63. The minimum absolute atomic E-state index is 0.125. The first-order valence-corrected chi connectivity index (χ1v) is 13.5. The van der Waals surface area contributed by atoms with Crippen molar-refractivity contribution in [3.63, 3.8) is 0 Å². The van der Waals surface area contributed by atoms with Gasteiger partial charge in [0.15, 0.2) is 0 Å². The van der Waals surface area contributed by atoms with E-state index in [2.05, 4.69) is 11.9 Å². The number of nitrogens with zero attached hydrogens (tertiary/aromatic N) is 2. The van der Waals surface area contributed by atoms with Gasteiger partial charge in [0.25, 0.3) is 5.91 Å². The Kier molecular flexibility index (Phi) is 7.88. The zero-order valence-corrected chi connectivity index (χ0v) is 22.2. The van der Waals surface area contributed by atoms with E-state index in [1.165, 1.54) is 11.8 Å². The molecule has 0 aliphatic carbocycles. The lowest BCUT2D eigenvalue weighted by Gasteiger charge is -2.28. The van der Waals surface area contributed by atoms with Gasteiger partial charge < -0.3 is 14.1 Å². The molecule has 190 valence electrons. The van der Waals surface area contributed by atoms with E-state index in [-0.39, 0.29) is 11.9 Å². The summed E-state index contributed by atoms with van der Waals surface area (Å²) in [6, 6.07) is 20.6. The second kappa shape index (κ2) is 11.5. The summed E-state index contributed by atoms with van der Waals surface area (Å²) in [4.78, 5) is 29.9. The number of amides is 1. The molecule has 0 radical (unpaired) electrons. The number of furan rings is 1. The number of ether oxygens (including phenoxy) is 1. The molecule has 0 bridgehead atoms. The summed E-state index contributed by atoms with van der Waals surface area (Å²) < 4.78 is 12.1. The molecule has 3 heterocycles. The summed E-state index contributed by atoms with van der Waals surface area (Å²) in [5.41, 5.74) is 2.38. The van der Waals surface area contributed by atoms with E-state index in [4.69, 9.17) is 21.4 Å². The number of carbonyl (C=O) groups excluding carboxylic acids is 2. The van der Waals surface area contributed by atoms with Crippen LogP contribution in [0, 0.1) is 5.92 Å². The van der Waals surface area contributed by atoms with Crippen LogP contribution in [0.3, 0.4) is 0 Å². The first-order valence-electron chi connectivity index (χ1n) is 12.3. The standard InChI is InChI=1S/C29H28N2O4S2/c1-30-15-13-21(14-16-30)19-34-28(33)23-9-7-22(8-10-23)25-12-11-24(35-25)17-26-27(32)31(29(36)37-26)18-20-5-3-2-4-6-20/h2-12,17,21H,13-16,18-19H2,1H3/b26-17+. The van der Waals surface area contributed by atoms with Gasteiger partial charge in [-0.15, -0.1) is 0 Å². The van der Waals surface area contributed by atoms with Crippen LogP contribution >= 0.6 is 24.0 Å². The van der Waals surface area contributed by atoms with Crippen LogP contribution in [-0.2, 0) is 16.1 Å². The number of thiocarbonyl (C=S) groups is 1. The Hall–Kier alpha value is -3.20. The molecular formula is C29H28N2O4S2. The van der Waals surface area contributed by atoms with Gasteiger partial charge in [-0.2, -0.15) is 0 Å². The molecule has 2 fully saturated rings. The van der Waals surface area contributed by atoms with Gasteiger partial charge in [0.05, 0.1) is 23.6 Å². The van der Waals surface area contributed by atoms with E-state index in [9.17, 15) is 9.59 Å². The Balaban J connectivity index is 1.20. The van der Waals surface area contributed by atoms with E-state index < -0.39 is 0 Å². The van der Waals surface area contributed by atoms with Crippen LogP contribution in [0.5, 0.6) is 0 Å². The quantitative estimate of drug-likeness (QED) is 0.215. The molecule has 2 saturated heterocycles. The average Bonchev–Trinajstić information content (AvgIpc) is 3.49. The zero-order valence-electron chi connectivity index (χ0n) is 20.6. The smallest absolute Gasteiger partial charge is 0.338 e. The first-order chi connectivity index (χ1) is 18.0. The van der Waals surface area contributed by atoms with Crippen LogP contribution in [0.4, 0.5) is 0 Å². The monoisotopic (exact) mass is 532 g/mol. The predicted octanol–water partition coefficient (Wildman–Crippen LogP) is 5.85. The first kappa shape index (κ1) is 25.4. The predicted molar refractivity (Wildman–Crippen MR) is 150 cm³/mol. The van der Waals surface area contributed by atoms with Crippen molar-refractivity contribution in [3.8, 4) is 11.3 Å². The van der Waals surface area contributed by atoms with Crippen molar-refractivity contribution in [2.45, 2.75) is 19.4 Å². The molecule has 0 unspecified atom stereocenters. The van der Waals surface area contributed by atoms with Gasteiger partial charge in [0.2, 0.25) is 0 Å². The third kappa shape index (κ3) is 6.21. The van der Waals surface area contributed by atoms with Crippen LogP contribution in [0.15, 0.2) is 76.1 Å². The van der Waals surface area contributed by atoms with E-state index in [0.717, 1.165) is 37.1 Å². The molecule has 2 aliphatic rings. The van der Waals surface area contributed by atoms with Gasteiger partial charge in [0.1, 0.15) is 15.8 Å². The van der Waals surface area contributed by atoms with Crippen molar-refractivity contribution in [2.75, 3.05) is 26.7 Å². The molecule has 2 aliphatic heterocycles. The molecule has 0 atom stereocenters. The molecule has 37 heavy (non-hydrogen) atoms. The summed E-state index contributed by atoms with van der Waals surface area (Å²) in [7, 11) is 2.12. The lowest BCUT2D eigenvalue weighted by molar-refractivity contribution is -0.122. The normalized spacial score (nSPS) is 18.1. The number of hydrogen-bond donors (Lipinski definition) is 0. The number of thioether (sulfide) groups is 1. The van der Waals surface area contributed by atoms with Gasteiger partial charge in [0, 0.05) is 11.6 Å². The molecule has 5 rings (SSSR count). The van der Waals surface area contributed by atoms with Crippen LogP contribution in [0.25, 0.3) is 17.4 Å². The summed E-state index contributed by atoms with van der Waals surface area (Å²) in [6.07, 6.45) is 3.84. The number of hydrogen-bond acceptors (Lipinski definition) is 7. The molecular weight excluding hydrogens is 504 g/mol. The average molecular weight is 533 g/mol. The molecule has 0 N–H and O–H groups in total. The van der Waals surface area contributed by atoms with Crippen molar-refractivity contribution in [2.24, 2.45) is 5.92 Å². The zero-order chi connectivity index (χ0) is 25.8. The van der Waals surface area contributed by atoms with Gasteiger partial charge in [-0.1, -0.05) is 66.4 Å². The van der Waals surface area contributed by atoms with Crippen LogP contribution < -0.4 is 0 Å². The molecule has 3 aromatic rings. The van der Waals surface area contributed by atoms with Crippen LogP contribution in [0.1, 0.15) is 34.5 Å². The Morgan fingerprint density at radius 1 is 1.08 bits per heavy atom. The molecule has 1 aromatic heterocycles. The third-order valence-electron chi connectivity index (χ3n) is 6.65. The Labute approximate surface area is 226 Å². The highest BCUT2D eigenvalue weighted by molar-refractivity contribution is 8.26. The minimum Gasteiger partial charge on any atom is -0.462 e. The summed E-state index contributed by atoms with van der Waals surface area (Å²) in [5.74, 6) is 1.22. The van der Waals surface area contributed by atoms with Crippen LogP contribution in [0.2, 0.25) is 0 Å². The highest BCUT2D eigenvalue weighted by atomic mass is 32.2. The number of piperidine rings is 1. The molecule has 0 saturated carbocycles. The maximum Gasteiger partial charge on any atom is 0.338 e. The largest absolute Gasteiger partial charge is 0.462 e. The molecule has 0 spiro atoms. The van der Waals surface area contributed by atoms with Crippen molar-refractivity contribution < 1.29 is 18.7 Å². The van der Waals surface area contributed by atoms with Gasteiger partial charge in [-0.05, 0) is 68.7 Å². The lowest BCUT2D eigenvalue weighted by Crippen LogP contribution is -2.32. The summed E-state index contributed by atoms with van der Waals surface area (Å²) in [6.45, 7) is 3.00. The molecule has 6 nitrogen and oxygen atoms in total. The summed E-state index contributed by atoms with van der Waals surface area (Å²) >= 11 is 6.72. The number of rotatable bonds is 7. The van der Waals surface area contributed by atoms with Gasteiger partial charge >= 0.3 is 5.97 Å². The van der Waals surface area contributed by atoms with E-state index in [1.54, 1.807) is 23.1 Å². The number of carbonyl (C=O) groups is 2. The lowest BCUT2D eigenvalue weighted by atomic mass is 9.98. The Morgan fingerprint density at radius 3 is 2.54 bits per heavy atom. The second-order valence-electron chi connectivity index (χ2n) is 9.38. The van der Waals surface area contributed by atoms with Crippen molar-refractivity contribution in [3.05, 3.63) is 88.5 Å². The highest BCUT2D eigenvalue weighted by Crippen LogP contribution is 2.34. The molecule has 1 amide bonds. The number of esters is 1. The fourth-order valence-electron chi connectivity index (χ4n) is 4.39. The summed E-state index contributed by atoms with van der Waals surface area (Å²) in [5, 5.41) is 0.